The SMILES string of the molecule is CC(=O)c1cccc(Nc2c3c(nc4ccccc24)CCCC3)c1. The van der Waals surface area contributed by atoms with Crippen molar-refractivity contribution in [2.45, 2.75) is 32.6 Å². The number of hydrogen-bond donors (Lipinski definition) is 1. The number of rotatable bonds is 3. The first-order valence-electron chi connectivity index (χ1n) is 8.51. The fraction of sp³-hybridized carbons (Fsp3) is 0.238. The van der Waals surface area contributed by atoms with E-state index in [9.17, 15) is 4.79 Å². The van der Waals surface area contributed by atoms with Crippen LogP contribution in [0.2, 0.25) is 0 Å². The second-order valence-corrected chi connectivity index (χ2v) is 6.40. The van der Waals surface area contributed by atoms with Gasteiger partial charge in [-0.15, -0.1) is 0 Å². The predicted octanol–water partition coefficient (Wildman–Crippen LogP) is 5.06. The number of pyridine rings is 1. The molecule has 3 aromatic rings. The van der Waals surface area contributed by atoms with E-state index in [2.05, 4.69) is 23.5 Å². The molecule has 0 radical (unpaired) electrons. The van der Waals surface area contributed by atoms with Gasteiger partial charge in [-0.2, -0.15) is 0 Å². The Hall–Kier alpha value is -2.68. The number of fused-ring (bicyclic) bond motifs is 2. The summed E-state index contributed by atoms with van der Waals surface area (Å²) in [5.41, 5.74) is 6.40. The van der Waals surface area contributed by atoms with Crippen molar-refractivity contribution in [2.24, 2.45) is 0 Å². The molecule has 1 aliphatic carbocycles. The number of aryl methyl sites for hydroxylation is 1. The number of anilines is 2. The Labute approximate surface area is 141 Å². The Bertz CT molecular complexity index is 930. The number of hydrogen-bond acceptors (Lipinski definition) is 3. The molecule has 4 rings (SSSR count). The first-order valence-corrected chi connectivity index (χ1v) is 8.51. The highest BCUT2D eigenvalue weighted by atomic mass is 16.1. The largest absolute Gasteiger partial charge is 0.355 e. The smallest absolute Gasteiger partial charge is 0.159 e. The fourth-order valence-corrected chi connectivity index (χ4v) is 3.48. The summed E-state index contributed by atoms with van der Waals surface area (Å²) in [6.45, 7) is 1.60. The van der Waals surface area contributed by atoms with Crippen LogP contribution in [0.4, 0.5) is 11.4 Å². The standard InChI is InChI=1S/C21H20N2O/c1-14(24)15-7-6-8-16(13-15)22-21-17-9-2-4-11-19(17)23-20-12-5-3-10-18(20)21/h2,4,6-9,11,13H,3,5,10,12H2,1H3,(H,22,23). The minimum absolute atomic E-state index is 0.0836. The topological polar surface area (TPSA) is 42.0 Å². The number of carbonyl (C=O) groups excluding carboxylic acids is 1. The molecule has 3 nitrogen and oxygen atoms in total. The quantitative estimate of drug-likeness (QED) is 0.687. The van der Waals surface area contributed by atoms with Gasteiger partial charge in [0.1, 0.15) is 0 Å². The van der Waals surface area contributed by atoms with Gasteiger partial charge in [-0.05, 0) is 56.4 Å². The third-order valence-electron chi connectivity index (χ3n) is 4.71. The van der Waals surface area contributed by atoms with E-state index in [4.69, 9.17) is 4.98 Å². The molecule has 3 heteroatoms. The fourth-order valence-electron chi connectivity index (χ4n) is 3.48. The van der Waals surface area contributed by atoms with Crippen molar-refractivity contribution >= 4 is 28.1 Å². The molecule has 1 aliphatic rings. The van der Waals surface area contributed by atoms with Gasteiger partial charge in [0.15, 0.2) is 5.78 Å². The molecule has 0 amide bonds. The van der Waals surface area contributed by atoms with Crippen LogP contribution in [-0.4, -0.2) is 10.8 Å². The molecule has 2 aromatic carbocycles. The molecule has 1 heterocycles. The summed E-state index contributed by atoms with van der Waals surface area (Å²) in [7, 11) is 0. The minimum Gasteiger partial charge on any atom is -0.355 e. The zero-order valence-electron chi connectivity index (χ0n) is 13.8. The Morgan fingerprint density at radius 2 is 1.88 bits per heavy atom. The average molecular weight is 316 g/mol. The van der Waals surface area contributed by atoms with E-state index in [1.807, 2.05) is 30.3 Å². The van der Waals surface area contributed by atoms with Crippen LogP contribution in [0.25, 0.3) is 10.9 Å². The maximum absolute atomic E-state index is 11.7. The number of Topliss-reactive ketones (excluding diaryl/α,β-unsaturated/α-hetero) is 1. The molecule has 24 heavy (non-hydrogen) atoms. The van der Waals surface area contributed by atoms with Gasteiger partial charge < -0.3 is 5.32 Å². The first-order chi connectivity index (χ1) is 11.7. The van der Waals surface area contributed by atoms with Crippen LogP contribution in [-0.2, 0) is 12.8 Å². The summed E-state index contributed by atoms with van der Waals surface area (Å²) < 4.78 is 0. The average Bonchev–Trinajstić information content (AvgIpc) is 2.62. The molecule has 0 aliphatic heterocycles. The Kier molecular flexibility index (Phi) is 3.77. The van der Waals surface area contributed by atoms with E-state index < -0.39 is 0 Å². The van der Waals surface area contributed by atoms with Crippen LogP contribution in [0.1, 0.15) is 41.4 Å². The maximum Gasteiger partial charge on any atom is 0.159 e. The van der Waals surface area contributed by atoms with E-state index in [1.165, 1.54) is 24.1 Å². The van der Waals surface area contributed by atoms with E-state index in [0.29, 0.717) is 0 Å². The zero-order chi connectivity index (χ0) is 16.5. The number of ketones is 1. The van der Waals surface area contributed by atoms with Gasteiger partial charge in [0.2, 0.25) is 0 Å². The van der Waals surface area contributed by atoms with Gasteiger partial charge in [-0.1, -0.05) is 30.3 Å². The lowest BCUT2D eigenvalue weighted by molar-refractivity contribution is 0.101. The Morgan fingerprint density at radius 3 is 2.75 bits per heavy atom. The van der Waals surface area contributed by atoms with Crippen LogP contribution in [0.5, 0.6) is 0 Å². The van der Waals surface area contributed by atoms with Crippen molar-refractivity contribution in [1.29, 1.82) is 0 Å². The number of para-hydroxylation sites is 1. The number of carbonyl (C=O) groups is 1. The summed E-state index contributed by atoms with van der Waals surface area (Å²) in [5, 5.41) is 4.72. The predicted molar refractivity (Wildman–Crippen MR) is 98.1 cm³/mol. The summed E-state index contributed by atoms with van der Waals surface area (Å²) in [5.74, 6) is 0.0836. The second-order valence-electron chi connectivity index (χ2n) is 6.40. The second kappa shape index (κ2) is 6.08. The maximum atomic E-state index is 11.7. The molecule has 1 N–H and O–H groups in total. The van der Waals surface area contributed by atoms with Crippen LogP contribution in [0.3, 0.4) is 0 Å². The normalized spacial score (nSPS) is 13.5. The van der Waals surface area contributed by atoms with Gasteiger partial charge in [-0.3, -0.25) is 9.78 Å². The molecule has 1 aromatic heterocycles. The molecule has 0 unspecified atom stereocenters. The third kappa shape index (κ3) is 2.67. The first kappa shape index (κ1) is 14.9. The van der Waals surface area contributed by atoms with Crippen molar-refractivity contribution in [3.8, 4) is 0 Å². The highest BCUT2D eigenvalue weighted by Gasteiger charge is 2.18. The van der Waals surface area contributed by atoms with Gasteiger partial charge in [0.25, 0.3) is 0 Å². The summed E-state index contributed by atoms with van der Waals surface area (Å²) in [4.78, 5) is 16.5. The van der Waals surface area contributed by atoms with Gasteiger partial charge in [-0.25, -0.2) is 0 Å². The molecule has 0 spiro atoms. The lowest BCUT2D eigenvalue weighted by Crippen LogP contribution is -2.09. The molecule has 0 saturated heterocycles. The van der Waals surface area contributed by atoms with E-state index in [1.54, 1.807) is 6.92 Å². The van der Waals surface area contributed by atoms with E-state index in [0.717, 1.165) is 40.7 Å². The highest BCUT2D eigenvalue weighted by molar-refractivity contribution is 5.97. The number of nitrogens with zero attached hydrogens (tertiary/aromatic N) is 1. The van der Waals surface area contributed by atoms with Gasteiger partial charge in [0, 0.05) is 22.3 Å². The minimum atomic E-state index is 0.0836. The lowest BCUT2D eigenvalue weighted by atomic mass is 9.92. The summed E-state index contributed by atoms with van der Waals surface area (Å²) >= 11 is 0. The third-order valence-corrected chi connectivity index (χ3v) is 4.71. The van der Waals surface area contributed by atoms with Crippen LogP contribution < -0.4 is 5.32 Å². The van der Waals surface area contributed by atoms with Gasteiger partial charge >= 0.3 is 0 Å². The van der Waals surface area contributed by atoms with E-state index in [-0.39, 0.29) is 5.78 Å². The number of benzene rings is 2. The van der Waals surface area contributed by atoms with Crippen LogP contribution in [0.15, 0.2) is 48.5 Å². The Balaban J connectivity index is 1.86. The molecule has 0 fully saturated rings. The van der Waals surface area contributed by atoms with Crippen molar-refractivity contribution in [3.05, 3.63) is 65.4 Å². The molecular weight excluding hydrogens is 296 g/mol. The van der Waals surface area contributed by atoms with Crippen LogP contribution >= 0.6 is 0 Å². The van der Waals surface area contributed by atoms with Crippen molar-refractivity contribution in [1.82, 2.24) is 4.98 Å². The summed E-state index contributed by atoms with van der Waals surface area (Å²) in [6, 6.07) is 16.0. The number of nitrogens with one attached hydrogen (secondary N) is 1. The van der Waals surface area contributed by atoms with Crippen molar-refractivity contribution in [2.75, 3.05) is 5.32 Å². The number of aromatic nitrogens is 1. The highest BCUT2D eigenvalue weighted by Crippen LogP contribution is 2.35. The molecular formula is C21H20N2O. The molecule has 0 bridgehead atoms. The van der Waals surface area contributed by atoms with E-state index >= 15 is 0 Å². The van der Waals surface area contributed by atoms with Crippen molar-refractivity contribution < 1.29 is 4.79 Å². The lowest BCUT2D eigenvalue weighted by Gasteiger charge is -2.22. The summed E-state index contributed by atoms with van der Waals surface area (Å²) in [6.07, 6.45) is 4.51. The van der Waals surface area contributed by atoms with Gasteiger partial charge in [0.05, 0.1) is 11.2 Å². The monoisotopic (exact) mass is 316 g/mol. The Morgan fingerprint density at radius 1 is 1.04 bits per heavy atom. The molecule has 120 valence electrons. The molecule has 0 saturated carbocycles. The van der Waals surface area contributed by atoms with Crippen LogP contribution in [0, 0.1) is 0 Å². The molecule has 0 atom stereocenters. The zero-order valence-corrected chi connectivity index (χ0v) is 13.8. The van der Waals surface area contributed by atoms with Crippen molar-refractivity contribution in [3.63, 3.8) is 0 Å².